The molecule has 0 saturated carbocycles. The number of nitrogens with zero attached hydrogens (tertiary/aromatic N) is 4. The highest BCUT2D eigenvalue weighted by molar-refractivity contribution is 7.89. The minimum absolute atomic E-state index is 0.0103. The minimum Gasteiger partial charge on any atom is -0.343 e. The van der Waals surface area contributed by atoms with Crippen molar-refractivity contribution in [3.63, 3.8) is 0 Å². The van der Waals surface area contributed by atoms with Crippen LogP contribution >= 0.6 is 0 Å². The first-order chi connectivity index (χ1) is 8.95. The van der Waals surface area contributed by atoms with Gasteiger partial charge in [0.2, 0.25) is 15.9 Å². The van der Waals surface area contributed by atoms with Gasteiger partial charge in [-0.15, -0.1) is 0 Å². The first-order valence-corrected chi connectivity index (χ1v) is 6.99. The van der Waals surface area contributed by atoms with E-state index in [1.165, 1.54) is 17.0 Å². The number of carbonyl (C=O) groups excluding carboxylic acids is 1. The molecular formula is C11H12N4O3S. The summed E-state index contributed by atoms with van der Waals surface area (Å²) in [6.45, 7) is 0.450. The van der Waals surface area contributed by atoms with Crippen molar-refractivity contribution in [1.29, 1.82) is 5.26 Å². The van der Waals surface area contributed by atoms with E-state index in [2.05, 4.69) is 4.98 Å². The van der Waals surface area contributed by atoms with Crippen molar-refractivity contribution in [2.75, 3.05) is 26.7 Å². The van der Waals surface area contributed by atoms with Crippen molar-refractivity contribution in [1.82, 2.24) is 14.2 Å². The summed E-state index contributed by atoms with van der Waals surface area (Å²) in [5.41, 5.74) is 0.147. The molecule has 1 saturated heterocycles. The lowest BCUT2D eigenvalue weighted by Crippen LogP contribution is -2.50. The molecule has 0 aliphatic carbocycles. The first-order valence-electron chi connectivity index (χ1n) is 5.55. The first kappa shape index (κ1) is 13.5. The average Bonchev–Trinajstić information content (AvgIpc) is 2.41. The van der Waals surface area contributed by atoms with E-state index in [-0.39, 0.29) is 29.6 Å². The maximum Gasteiger partial charge on any atom is 0.245 e. The lowest BCUT2D eigenvalue weighted by molar-refractivity contribution is -0.132. The summed E-state index contributed by atoms with van der Waals surface area (Å²) < 4.78 is 25.7. The second-order valence-electron chi connectivity index (χ2n) is 4.14. The van der Waals surface area contributed by atoms with E-state index in [0.717, 1.165) is 10.5 Å². The smallest absolute Gasteiger partial charge is 0.245 e. The van der Waals surface area contributed by atoms with Gasteiger partial charge >= 0.3 is 0 Å². The van der Waals surface area contributed by atoms with Gasteiger partial charge in [-0.3, -0.25) is 4.79 Å². The van der Waals surface area contributed by atoms with E-state index in [1.54, 1.807) is 7.05 Å². The van der Waals surface area contributed by atoms with Crippen LogP contribution in [0.15, 0.2) is 23.2 Å². The Morgan fingerprint density at radius 3 is 2.63 bits per heavy atom. The summed E-state index contributed by atoms with van der Waals surface area (Å²) in [6.07, 6.45) is 1.14. The van der Waals surface area contributed by atoms with Gasteiger partial charge in [0, 0.05) is 26.3 Å². The van der Waals surface area contributed by atoms with Crippen molar-refractivity contribution < 1.29 is 13.2 Å². The van der Waals surface area contributed by atoms with Crippen molar-refractivity contribution in [3.8, 4) is 6.07 Å². The summed E-state index contributed by atoms with van der Waals surface area (Å²) >= 11 is 0. The number of pyridine rings is 1. The zero-order valence-electron chi connectivity index (χ0n) is 10.3. The van der Waals surface area contributed by atoms with Gasteiger partial charge in [-0.2, -0.15) is 9.57 Å². The largest absolute Gasteiger partial charge is 0.343 e. The summed E-state index contributed by atoms with van der Waals surface area (Å²) in [4.78, 5) is 16.8. The molecule has 0 atom stereocenters. The topological polar surface area (TPSA) is 94.4 Å². The van der Waals surface area contributed by atoms with Gasteiger partial charge in [0.05, 0.1) is 6.54 Å². The molecule has 1 aromatic heterocycles. The maximum absolute atomic E-state index is 12.3. The molecule has 1 aromatic rings. The Morgan fingerprint density at radius 2 is 2.11 bits per heavy atom. The van der Waals surface area contributed by atoms with Crippen LogP contribution in [0.2, 0.25) is 0 Å². The fourth-order valence-corrected chi connectivity index (χ4v) is 3.02. The molecule has 0 N–H and O–H groups in total. The van der Waals surface area contributed by atoms with Gasteiger partial charge < -0.3 is 4.90 Å². The van der Waals surface area contributed by atoms with Crippen LogP contribution in [-0.2, 0) is 14.8 Å². The van der Waals surface area contributed by atoms with E-state index in [0.29, 0.717) is 6.54 Å². The molecule has 0 aromatic carbocycles. The molecule has 1 aliphatic rings. The highest BCUT2D eigenvalue weighted by Crippen LogP contribution is 2.16. The number of amides is 1. The number of likely N-dealkylation sites (N-methyl/N-ethyl adjacent to an activating group) is 1. The third kappa shape index (κ3) is 2.57. The summed E-state index contributed by atoms with van der Waals surface area (Å²) in [6, 6.07) is 4.48. The van der Waals surface area contributed by atoms with Gasteiger partial charge in [-0.25, -0.2) is 13.4 Å². The molecule has 8 heteroatoms. The van der Waals surface area contributed by atoms with Crippen LogP contribution < -0.4 is 0 Å². The SMILES string of the molecule is CN1CCN(S(=O)(=O)c2ccc(C#N)nc2)CC1=O. The standard InChI is InChI=1S/C11H12N4O3S/c1-14-4-5-15(8-11(14)16)19(17,18)10-3-2-9(6-12)13-7-10/h2-3,7H,4-5,8H2,1H3. The molecule has 1 fully saturated rings. The van der Waals surface area contributed by atoms with Crippen LogP contribution in [0.5, 0.6) is 0 Å². The quantitative estimate of drug-likeness (QED) is 0.722. The summed E-state index contributed by atoms with van der Waals surface area (Å²) in [5, 5.41) is 8.62. The molecule has 0 radical (unpaired) electrons. The second-order valence-corrected chi connectivity index (χ2v) is 6.08. The fraction of sp³-hybridized carbons (Fsp3) is 0.364. The van der Waals surface area contributed by atoms with Crippen LogP contribution in [0.25, 0.3) is 0 Å². The predicted molar refractivity (Wildman–Crippen MR) is 65.3 cm³/mol. The maximum atomic E-state index is 12.3. The number of hydrogen-bond acceptors (Lipinski definition) is 5. The third-order valence-electron chi connectivity index (χ3n) is 2.91. The van der Waals surface area contributed by atoms with Crippen LogP contribution in [-0.4, -0.2) is 55.2 Å². The zero-order valence-corrected chi connectivity index (χ0v) is 11.1. The number of sulfonamides is 1. The Kier molecular flexibility index (Phi) is 3.50. The number of carbonyl (C=O) groups is 1. The van der Waals surface area contributed by atoms with Gasteiger partial charge in [0.25, 0.3) is 0 Å². The molecule has 100 valence electrons. The Morgan fingerprint density at radius 1 is 1.37 bits per heavy atom. The fourth-order valence-electron chi connectivity index (χ4n) is 1.69. The number of nitriles is 1. The lowest BCUT2D eigenvalue weighted by atomic mass is 10.4. The Balaban J connectivity index is 2.27. The van der Waals surface area contributed by atoms with Crippen LogP contribution in [0.1, 0.15) is 5.69 Å². The summed E-state index contributed by atoms with van der Waals surface area (Å²) in [5.74, 6) is -0.239. The average molecular weight is 280 g/mol. The van der Waals surface area contributed by atoms with Crippen molar-refractivity contribution in [2.45, 2.75) is 4.90 Å². The Bertz CT molecular complexity index is 633. The molecule has 2 heterocycles. The van der Waals surface area contributed by atoms with E-state index in [9.17, 15) is 13.2 Å². The van der Waals surface area contributed by atoms with E-state index < -0.39 is 10.0 Å². The normalized spacial score (nSPS) is 17.3. The van der Waals surface area contributed by atoms with E-state index >= 15 is 0 Å². The van der Waals surface area contributed by atoms with Gasteiger partial charge in [-0.05, 0) is 12.1 Å². The number of aromatic nitrogens is 1. The van der Waals surface area contributed by atoms with E-state index in [1.807, 2.05) is 6.07 Å². The zero-order chi connectivity index (χ0) is 14.0. The highest BCUT2D eigenvalue weighted by Gasteiger charge is 2.31. The van der Waals surface area contributed by atoms with Crippen LogP contribution in [0.4, 0.5) is 0 Å². The van der Waals surface area contributed by atoms with Crippen LogP contribution in [0.3, 0.4) is 0 Å². The molecule has 1 amide bonds. The van der Waals surface area contributed by atoms with Crippen LogP contribution in [0, 0.1) is 11.3 Å². The van der Waals surface area contributed by atoms with Gasteiger partial charge in [-0.1, -0.05) is 0 Å². The number of rotatable bonds is 2. The Labute approximate surface area is 111 Å². The second kappa shape index (κ2) is 4.95. The molecule has 0 unspecified atom stereocenters. The molecule has 0 bridgehead atoms. The number of hydrogen-bond donors (Lipinski definition) is 0. The third-order valence-corrected chi connectivity index (χ3v) is 4.74. The molecule has 1 aliphatic heterocycles. The Hall–Kier alpha value is -1.98. The van der Waals surface area contributed by atoms with Crippen molar-refractivity contribution >= 4 is 15.9 Å². The van der Waals surface area contributed by atoms with Gasteiger partial charge in [0.1, 0.15) is 16.7 Å². The molecule has 0 spiro atoms. The van der Waals surface area contributed by atoms with E-state index in [4.69, 9.17) is 5.26 Å². The molecule has 19 heavy (non-hydrogen) atoms. The van der Waals surface area contributed by atoms with Crippen molar-refractivity contribution in [2.24, 2.45) is 0 Å². The predicted octanol–water partition coefficient (Wildman–Crippen LogP) is -0.584. The molecule has 7 nitrogen and oxygen atoms in total. The van der Waals surface area contributed by atoms with Crippen molar-refractivity contribution in [3.05, 3.63) is 24.0 Å². The molecule has 2 rings (SSSR count). The number of piperazine rings is 1. The minimum atomic E-state index is -3.73. The summed E-state index contributed by atoms with van der Waals surface area (Å²) in [7, 11) is -2.09. The van der Waals surface area contributed by atoms with Gasteiger partial charge in [0.15, 0.2) is 0 Å². The molecular weight excluding hydrogens is 268 g/mol. The monoisotopic (exact) mass is 280 g/mol. The highest BCUT2D eigenvalue weighted by atomic mass is 32.2. The lowest BCUT2D eigenvalue weighted by Gasteiger charge is -2.31.